The van der Waals surface area contributed by atoms with Crippen LogP contribution >= 0.6 is 11.6 Å². The van der Waals surface area contributed by atoms with Crippen molar-refractivity contribution in [3.8, 4) is 0 Å². The molecule has 2 saturated carbocycles. The Labute approximate surface area is 458 Å². The van der Waals surface area contributed by atoms with Gasteiger partial charge in [-0.1, -0.05) is 109 Å². The molecular weight excluding hydrogens is 980 g/mol. The summed E-state index contributed by atoms with van der Waals surface area (Å²) in [5.74, 6) is 1.49. The Morgan fingerprint density at radius 2 is 1.03 bits per heavy atom. The van der Waals surface area contributed by atoms with Crippen LogP contribution < -0.4 is 0 Å². The van der Waals surface area contributed by atoms with Gasteiger partial charge < -0.3 is 20.0 Å². The van der Waals surface area contributed by atoms with Gasteiger partial charge in [-0.2, -0.15) is 10.2 Å². The minimum absolute atomic E-state index is 0.0151. The lowest BCUT2D eigenvalue weighted by molar-refractivity contribution is 0.0719. The Bertz CT molecular complexity index is 3120. The molecule has 0 radical (unpaired) electrons. The van der Waals surface area contributed by atoms with Crippen LogP contribution in [0.2, 0.25) is 5.15 Å². The van der Waals surface area contributed by atoms with Gasteiger partial charge in [0.05, 0.1) is 35.7 Å². The zero-order chi connectivity index (χ0) is 53.8. The normalized spacial score (nSPS) is 18.6. The van der Waals surface area contributed by atoms with Gasteiger partial charge >= 0.3 is 0 Å². The number of aromatic amines is 2. The van der Waals surface area contributed by atoms with Gasteiger partial charge in [0.2, 0.25) is 0 Å². The van der Waals surface area contributed by atoms with Gasteiger partial charge in [0.25, 0.3) is 11.8 Å². The molecule has 0 bridgehead atoms. The maximum Gasteiger partial charge on any atom is 0.254 e. The third-order valence-electron chi connectivity index (χ3n) is 15.9. The predicted molar refractivity (Wildman–Crippen MR) is 302 cm³/mol. The minimum atomic E-state index is -0.516. The second-order valence-corrected chi connectivity index (χ2v) is 21.9. The Hall–Kier alpha value is -7.25. The lowest BCUT2D eigenvalue weighted by Crippen LogP contribution is -2.32. The molecule has 4 aromatic heterocycles. The molecule has 2 amide bonds. The third kappa shape index (κ3) is 14.2. The highest BCUT2D eigenvalue weighted by molar-refractivity contribution is 6.29. The van der Waals surface area contributed by atoms with E-state index in [2.05, 4.69) is 78.9 Å². The van der Waals surface area contributed by atoms with Gasteiger partial charge in [0, 0.05) is 55.2 Å². The molecule has 77 heavy (non-hydrogen) atoms. The van der Waals surface area contributed by atoms with Crippen molar-refractivity contribution in [2.75, 3.05) is 14.1 Å². The lowest BCUT2D eigenvalue weighted by atomic mass is 9.92. The van der Waals surface area contributed by atoms with E-state index in [1.54, 1.807) is 34.5 Å². The van der Waals surface area contributed by atoms with Gasteiger partial charge in [-0.05, 0) is 184 Å². The van der Waals surface area contributed by atoms with Crippen molar-refractivity contribution >= 4 is 23.4 Å². The Kier molecular flexibility index (Phi) is 18.2. The largest absolute Gasteiger partial charge is 0.388 e. The maximum absolute atomic E-state index is 13.5. The number of carbonyl (C=O) groups is 2. The quantitative estimate of drug-likeness (QED) is 0.0617. The van der Waals surface area contributed by atoms with Crippen LogP contribution in [0.1, 0.15) is 140 Å². The molecule has 0 saturated heterocycles. The number of halogens is 1. The van der Waals surface area contributed by atoms with Crippen molar-refractivity contribution in [1.82, 2.24) is 40.2 Å². The van der Waals surface area contributed by atoms with Crippen molar-refractivity contribution < 1.29 is 19.8 Å². The summed E-state index contributed by atoms with van der Waals surface area (Å²) in [7, 11) is 3.72. The van der Waals surface area contributed by atoms with Crippen LogP contribution in [0.15, 0.2) is 164 Å². The van der Waals surface area contributed by atoms with E-state index in [0.29, 0.717) is 41.0 Å². The number of amides is 2. The fourth-order valence-corrected chi connectivity index (χ4v) is 11.6. The molecule has 0 aliphatic heterocycles. The van der Waals surface area contributed by atoms with E-state index in [-0.39, 0.29) is 35.7 Å². The highest BCUT2D eigenvalue weighted by Crippen LogP contribution is 2.42. The molecule has 4 aromatic carbocycles. The molecule has 4 unspecified atom stereocenters. The molecule has 0 spiro atoms. The molecule has 2 aliphatic rings. The number of nitrogens with one attached hydrogen (secondary N) is 2. The molecule has 4 heterocycles. The fraction of sp³-hybridized carbons (Fsp3) is 0.344. The molecule has 12 nitrogen and oxygen atoms in total. The number of rotatable bonds is 18. The number of aryl methyl sites for hydroxylation is 2. The summed E-state index contributed by atoms with van der Waals surface area (Å²) >= 11 is 5.89. The summed E-state index contributed by atoms with van der Waals surface area (Å²) in [6.07, 6.45) is 13.7. The SMILES string of the molecule is Cc1cc(C(Cc2ccccc2)N(C)C(=O)c2ccc(CC3CC[C@H]([C@H](O)c4ccc(Cl)nc4)C3)cc2)n[nH]1.Cc1cc(C(Cc2ccccc2)N(C)C(=O)c2ccc(CC3CC[C@H]([C@H](O)c4cccnc4)C3)cc2)n[nH]1. The van der Waals surface area contributed by atoms with E-state index < -0.39 is 12.2 Å². The zero-order valence-electron chi connectivity index (χ0n) is 44.6. The number of likely N-dealkylation sites (N-methyl/N-ethyl adjacent to an activating group) is 2. The monoisotopic (exact) mass is 1050 g/mol. The molecule has 13 heteroatoms. The van der Waals surface area contributed by atoms with Crippen molar-refractivity contribution in [2.45, 2.75) is 102 Å². The van der Waals surface area contributed by atoms with Gasteiger partial charge in [0.15, 0.2) is 0 Å². The van der Waals surface area contributed by atoms with Crippen molar-refractivity contribution in [3.63, 3.8) is 0 Å². The number of aromatic nitrogens is 6. The number of hydrogen-bond donors (Lipinski definition) is 4. The topological polar surface area (TPSA) is 164 Å². The lowest BCUT2D eigenvalue weighted by Gasteiger charge is -2.27. The standard InChI is InChI=1S/C32H35ClN4O2.C32H36N4O2/c1-21-16-28(36-35-21)29(19-22-6-4-3-5-7-22)37(2)32(39)25-11-8-23(9-12-25)17-24-10-13-26(18-24)31(38)27-14-15-30(33)34-20-27;1-22-17-29(35-34-22)30(20-23-7-4-3-5-8-23)36(2)32(38)26-13-10-24(11-14-26)18-25-12-15-27(19-25)31(37)28-9-6-16-33-21-28/h3-9,11-12,14-16,20,24,26,29,31,38H,10,13,17-19H2,1-2H3,(H,35,36);3-11,13-14,16-17,21,25,27,30-31,37H,12,15,18-20H2,1-2H3,(H,34,35)/t24?,26-,29?,31-;25?,27-,30?,31-/m00/s1. The molecule has 4 N–H and O–H groups in total. The van der Waals surface area contributed by atoms with Gasteiger partial charge in [0.1, 0.15) is 5.15 Å². The highest BCUT2D eigenvalue weighted by atomic mass is 35.5. The Balaban J connectivity index is 0.000000188. The number of nitrogens with zero attached hydrogens (tertiary/aromatic N) is 6. The first kappa shape index (κ1) is 54.5. The van der Waals surface area contributed by atoms with Crippen LogP contribution in [0.5, 0.6) is 0 Å². The fourth-order valence-electron chi connectivity index (χ4n) is 11.5. The van der Waals surface area contributed by atoms with Crippen molar-refractivity contribution in [2.24, 2.45) is 23.7 Å². The van der Waals surface area contributed by atoms with Crippen LogP contribution in [-0.4, -0.2) is 76.3 Å². The average Bonchev–Trinajstić information content (AvgIpc) is 4.32. The first-order valence-electron chi connectivity index (χ1n) is 27.1. The molecule has 2 fully saturated rings. The van der Waals surface area contributed by atoms with Crippen LogP contribution in [-0.2, 0) is 25.7 Å². The van der Waals surface area contributed by atoms with Gasteiger partial charge in [-0.3, -0.25) is 24.8 Å². The van der Waals surface area contributed by atoms with Crippen molar-refractivity contribution in [1.29, 1.82) is 0 Å². The van der Waals surface area contributed by atoms with Crippen LogP contribution in [0, 0.1) is 37.5 Å². The van der Waals surface area contributed by atoms with Gasteiger partial charge in [-0.15, -0.1) is 0 Å². The predicted octanol–water partition coefficient (Wildman–Crippen LogP) is 12.4. The minimum Gasteiger partial charge on any atom is -0.388 e. The second-order valence-electron chi connectivity index (χ2n) is 21.5. The number of carbonyl (C=O) groups excluding carboxylic acids is 2. The van der Waals surface area contributed by atoms with E-state index in [0.717, 1.165) is 96.4 Å². The first-order chi connectivity index (χ1) is 37.3. The summed E-state index contributed by atoms with van der Waals surface area (Å²) < 4.78 is 0. The number of H-pyrrole nitrogens is 2. The Morgan fingerprint density at radius 1 is 0.571 bits per heavy atom. The number of benzene rings is 4. The third-order valence-corrected chi connectivity index (χ3v) is 16.1. The van der Waals surface area contributed by atoms with Crippen molar-refractivity contribution in [3.05, 3.63) is 237 Å². The van der Waals surface area contributed by atoms with E-state index in [9.17, 15) is 19.8 Å². The average molecular weight is 1050 g/mol. The first-order valence-corrected chi connectivity index (χ1v) is 27.4. The number of hydrogen-bond acceptors (Lipinski definition) is 8. The maximum atomic E-state index is 13.5. The highest BCUT2D eigenvalue weighted by Gasteiger charge is 2.33. The summed E-state index contributed by atoms with van der Waals surface area (Å²) in [5.41, 5.74) is 11.5. The summed E-state index contributed by atoms with van der Waals surface area (Å²) in [5, 5.41) is 37.1. The van der Waals surface area contributed by atoms with E-state index in [1.807, 2.05) is 119 Å². The smallest absolute Gasteiger partial charge is 0.254 e. The summed E-state index contributed by atoms with van der Waals surface area (Å²) in [6.45, 7) is 3.95. The molecular formula is C64H71ClN8O4. The molecule has 10 rings (SSSR count). The summed E-state index contributed by atoms with van der Waals surface area (Å²) in [4.78, 5) is 38.9. The number of aliphatic hydroxyl groups is 2. The van der Waals surface area contributed by atoms with Crippen LogP contribution in [0.3, 0.4) is 0 Å². The Morgan fingerprint density at radius 3 is 1.42 bits per heavy atom. The van der Waals surface area contributed by atoms with Gasteiger partial charge in [-0.25, -0.2) is 4.98 Å². The summed E-state index contributed by atoms with van der Waals surface area (Å²) in [6, 6.07) is 47.6. The molecule has 2 aliphatic carbocycles. The second kappa shape index (κ2) is 25.7. The van der Waals surface area contributed by atoms with E-state index in [1.165, 1.54) is 11.1 Å². The van der Waals surface area contributed by atoms with Crippen LogP contribution in [0.4, 0.5) is 0 Å². The molecule has 8 atom stereocenters. The van der Waals surface area contributed by atoms with E-state index in [4.69, 9.17) is 11.6 Å². The number of aliphatic hydroxyl groups excluding tert-OH is 2. The van der Waals surface area contributed by atoms with E-state index >= 15 is 0 Å². The number of pyridine rings is 2. The molecule has 398 valence electrons. The van der Waals surface area contributed by atoms with Crippen LogP contribution in [0.25, 0.3) is 0 Å². The molecule has 8 aromatic rings. The zero-order valence-corrected chi connectivity index (χ0v) is 45.3.